The van der Waals surface area contributed by atoms with Gasteiger partial charge in [-0.15, -0.1) is 0 Å². The Morgan fingerprint density at radius 3 is 2.43 bits per heavy atom. The lowest BCUT2D eigenvalue weighted by Gasteiger charge is -1.94. The fourth-order valence-corrected chi connectivity index (χ4v) is 1.42. The van der Waals surface area contributed by atoms with Crippen molar-refractivity contribution in [1.82, 2.24) is 9.97 Å². The zero-order valence-corrected chi connectivity index (χ0v) is 7.46. The molecule has 0 aliphatic rings. The van der Waals surface area contributed by atoms with Crippen molar-refractivity contribution >= 4 is 28.3 Å². The van der Waals surface area contributed by atoms with Crippen LogP contribution in [0.5, 0.6) is 0 Å². The summed E-state index contributed by atoms with van der Waals surface area (Å²) in [5, 5.41) is 10.5. The molecule has 1 aromatic heterocycles. The molecule has 0 spiro atoms. The van der Waals surface area contributed by atoms with Crippen molar-refractivity contribution in [1.29, 1.82) is 0 Å². The van der Waals surface area contributed by atoms with Gasteiger partial charge < -0.3 is 9.97 Å². The van der Waals surface area contributed by atoms with Crippen molar-refractivity contribution < 1.29 is 4.92 Å². The molecule has 0 aliphatic heterocycles. The third-order valence-electron chi connectivity index (χ3n) is 1.78. The lowest BCUT2D eigenvalue weighted by atomic mass is 10.3. The summed E-state index contributed by atoms with van der Waals surface area (Å²) in [6.07, 6.45) is 0. The number of halogens is 1. The van der Waals surface area contributed by atoms with Crippen LogP contribution in [0.3, 0.4) is 0 Å². The van der Waals surface area contributed by atoms with Gasteiger partial charge in [-0.25, -0.2) is 4.79 Å². The van der Waals surface area contributed by atoms with Crippen molar-refractivity contribution in [2.45, 2.75) is 0 Å². The summed E-state index contributed by atoms with van der Waals surface area (Å²) in [5.74, 6) is 0. The van der Waals surface area contributed by atoms with E-state index < -0.39 is 10.6 Å². The van der Waals surface area contributed by atoms with Crippen molar-refractivity contribution in [3.8, 4) is 0 Å². The van der Waals surface area contributed by atoms with E-state index in [4.69, 9.17) is 11.6 Å². The summed E-state index contributed by atoms with van der Waals surface area (Å²) in [4.78, 5) is 25.6. The zero-order valence-electron chi connectivity index (χ0n) is 6.70. The van der Waals surface area contributed by atoms with Crippen LogP contribution in [0.2, 0.25) is 5.02 Å². The number of imidazole rings is 1. The topological polar surface area (TPSA) is 91.8 Å². The second kappa shape index (κ2) is 2.85. The molecule has 0 fully saturated rings. The van der Waals surface area contributed by atoms with E-state index in [-0.39, 0.29) is 10.7 Å². The first kappa shape index (κ1) is 8.76. The maximum Gasteiger partial charge on any atom is 0.323 e. The summed E-state index contributed by atoms with van der Waals surface area (Å²) in [6, 6.07) is 2.56. The molecular weight excluding hydrogens is 210 g/mol. The summed E-state index contributed by atoms with van der Waals surface area (Å²) in [5.41, 5.74) is 0.169. The van der Waals surface area contributed by atoms with E-state index in [1.54, 1.807) is 0 Å². The van der Waals surface area contributed by atoms with E-state index in [1.807, 2.05) is 0 Å². The fraction of sp³-hybridized carbons (Fsp3) is 0. The van der Waals surface area contributed by atoms with Gasteiger partial charge in [0.05, 0.1) is 16.0 Å². The Balaban J connectivity index is 2.82. The van der Waals surface area contributed by atoms with E-state index in [9.17, 15) is 14.9 Å². The predicted molar refractivity (Wildman–Crippen MR) is 50.6 cm³/mol. The number of H-pyrrole nitrogens is 2. The molecule has 0 bridgehead atoms. The number of hydrogen-bond donors (Lipinski definition) is 2. The Labute approximate surface area is 81.7 Å². The van der Waals surface area contributed by atoms with Crippen LogP contribution in [0.25, 0.3) is 11.0 Å². The third kappa shape index (κ3) is 1.25. The van der Waals surface area contributed by atoms with Gasteiger partial charge in [0.15, 0.2) is 0 Å². The molecule has 6 nitrogen and oxygen atoms in total. The molecule has 2 N–H and O–H groups in total. The number of nitro groups is 1. The molecule has 72 valence electrons. The minimum atomic E-state index is -0.604. The van der Waals surface area contributed by atoms with Crippen LogP contribution in [-0.2, 0) is 0 Å². The maximum absolute atomic E-state index is 10.9. The number of benzene rings is 1. The molecule has 2 rings (SSSR count). The Hall–Kier alpha value is -1.82. The number of nitrogens with zero attached hydrogens (tertiary/aromatic N) is 1. The van der Waals surface area contributed by atoms with Crippen molar-refractivity contribution in [3.63, 3.8) is 0 Å². The van der Waals surface area contributed by atoms with E-state index in [0.29, 0.717) is 11.0 Å². The Bertz CT molecular complexity index is 571. The number of aromatic amines is 2. The number of rotatable bonds is 1. The Morgan fingerprint density at radius 1 is 1.29 bits per heavy atom. The summed E-state index contributed by atoms with van der Waals surface area (Å²) < 4.78 is 0. The van der Waals surface area contributed by atoms with Gasteiger partial charge >= 0.3 is 5.69 Å². The summed E-state index contributed by atoms with van der Waals surface area (Å²) >= 11 is 5.63. The molecule has 0 aliphatic carbocycles. The van der Waals surface area contributed by atoms with Crippen molar-refractivity contribution in [3.05, 3.63) is 37.8 Å². The van der Waals surface area contributed by atoms with Crippen LogP contribution in [0.1, 0.15) is 0 Å². The molecule has 1 heterocycles. The monoisotopic (exact) mass is 213 g/mol. The first-order valence-electron chi connectivity index (χ1n) is 3.64. The fourth-order valence-electron chi connectivity index (χ4n) is 1.18. The van der Waals surface area contributed by atoms with Crippen molar-refractivity contribution in [2.24, 2.45) is 0 Å². The maximum atomic E-state index is 10.9. The molecule has 0 amide bonds. The van der Waals surface area contributed by atoms with Gasteiger partial charge in [0.25, 0.3) is 5.69 Å². The van der Waals surface area contributed by atoms with Crippen molar-refractivity contribution in [2.75, 3.05) is 0 Å². The van der Waals surface area contributed by atoms with Gasteiger partial charge in [-0.1, -0.05) is 11.6 Å². The lowest BCUT2D eigenvalue weighted by molar-refractivity contribution is -0.384. The highest BCUT2D eigenvalue weighted by molar-refractivity contribution is 6.33. The average Bonchev–Trinajstić information content (AvgIpc) is 2.42. The van der Waals surface area contributed by atoms with E-state index >= 15 is 0 Å². The number of nitrogens with one attached hydrogen (secondary N) is 2. The molecule has 14 heavy (non-hydrogen) atoms. The molecular formula is C7H4ClN3O3. The highest BCUT2D eigenvalue weighted by atomic mass is 35.5. The van der Waals surface area contributed by atoms with Gasteiger partial charge in [-0.3, -0.25) is 10.1 Å². The molecule has 0 atom stereocenters. The zero-order chi connectivity index (χ0) is 10.3. The molecule has 0 saturated heterocycles. The number of hydrogen-bond acceptors (Lipinski definition) is 3. The van der Waals surface area contributed by atoms with Crippen LogP contribution < -0.4 is 5.69 Å². The second-order valence-electron chi connectivity index (χ2n) is 2.69. The van der Waals surface area contributed by atoms with Crippen LogP contribution in [0, 0.1) is 10.1 Å². The first-order chi connectivity index (χ1) is 6.58. The first-order valence-corrected chi connectivity index (χ1v) is 4.01. The Morgan fingerprint density at radius 2 is 1.86 bits per heavy atom. The van der Waals surface area contributed by atoms with Gasteiger partial charge in [-0.2, -0.15) is 0 Å². The van der Waals surface area contributed by atoms with Gasteiger partial charge in [0.2, 0.25) is 0 Å². The van der Waals surface area contributed by atoms with Crippen LogP contribution >= 0.6 is 11.6 Å². The molecule has 0 radical (unpaired) electrons. The van der Waals surface area contributed by atoms with Crippen LogP contribution in [0.15, 0.2) is 16.9 Å². The molecule has 0 unspecified atom stereocenters. The Kier molecular flexibility index (Phi) is 1.78. The van der Waals surface area contributed by atoms with Gasteiger partial charge in [0, 0.05) is 6.07 Å². The summed E-state index contributed by atoms with van der Waals surface area (Å²) in [7, 11) is 0. The minimum absolute atomic E-state index is 0.00208. The highest BCUT2D eigenvalue weighted by Gasteiger charge is 2.14. The molecule has 0 saturated carbocycles. The van der Waals surface area contributed by atoms with E-state index in [2.05, 4.69) is 9.97 Å². The molecule has 7 heteroatoms. The van der Waals surface area contributed by atoms with Crippen LogP contribution in [0.4, 0.5) is 5.69 Å². The predicted octanol–water partition coefficient (Wildman–Crippen LogP) is 1.42. The number of fused-ring (bicyclic) bond motifs is 1. The minimum Gasteiger partial charge on any atom is -0.306 e. The second-order valence-corrected chi connectivity index (χ2v) is 3.09. The van der Waals surface area contributed by atoms with Gasteiger partial charge in [-0.05, 0) is 6.07 Å². The highest BCUT2D eigenvalue weighted by Crippen LogP contribution is 2.27. The third-order valence-corrected chi connectivity index (χ3v) is 2.08. The number of aromatic nitrogens is 2. The molecule has 2 aromatic rings. The largest absolute Gasteiger partial charge is 0.323 e. The van der Waals surface area contributed by atoms with E-state index in [1.165, 1.54) is 12.1 Å². The lowest BCUT2D eigenvalue weighted by Crippen LogP contribution is -1.99. The smallest absolute Gasteiger partial charge is 0.306 e. The number of nitro benzene ring substituents is 1. The standard InChI is InChI=1S/C7H4ClN3O3/c8-3-1-4-5(10-7(12)9-4)2-6(3)11(13)14/h1-2H,(H2,9,10,12). The summed E-state index contributed by atoms with van der Waals surface area (Å²) in [6.45, 7) is 0. The average molecular weight is 214 g/mol. The van der Waals surface area contributed by atoms with Crippen LogP contribution in [-0.4, -0.2) is 14.9 Å². The van der Waals surface area contributed by atoms with E-state index in [0.717, 1.165) is 0 Å². The quantitative estimate of drug-likeness (QED) is 0.554. The molecule has 1 aromatic carbocycles. The normalized spacial score (nSPS) is 10.6. The SMILES string of the molecule is O=c1[nH]c2cc(Cl)c([N+](=O)[O-])cc2[nH]1. The van der Waals surface area contributed by atoms with Gasteiger partial charge in [0.1, 0.15) is 5.02 Å².